The second-order valence-electron chi connectivity index (χ2n) is 5.25. The molecule has 14 heavy (non-hydrogen) atoms. The van der Waals surface area contributed by atoms with Crippen LogP contribution in [0.5, 0.6) is 0 Å². The summed E-state index contributed by atoms with van der Waals surface area (Å²) in [7, 11) is 4.22. The molecule has 0 aromatic heterocycles. The fourth-order valence-electron chi connectivity index (χ4n) is 2.69. The first-order valence-electron chi connectivity index (χ1n) is 5.60. The van der Waals surface area contributed by atoms with Gasteiger partial charge in [0.25, 0.3) is 0 Å². The van der Waals surface area contributed by atoms with E-state index in [1.54, 1.807) is 0 Å². The molecule has 0 saturated carbocycles. The summed E-state index contributed by atoms with van der Waals surface area (Å²) in [5.41, 5.74) is 6.06. The summed E-state index contributed by atoms with van der Waals surface area (Å²) >= 11 is 0. The van der Waals surface area contributed by atoms with Gasteiger partial charge in [0, 0.05) is 18.1 Å². The van der Waals surface area contributed by atoms with E-state index in [9.17, 15) is 0 Å². The zero-order valence-corrected chi connectivity index (χ0v) is 10.0. The summed E-state index contributed by atoms with van der Waals surface area (Å²) in [6, 6.07) is 0.422. The summed E-state index contributed by atoms with van der Waals surface area (Å²) in [4.78, 5) is 2.41. The van der Waals surface area contributed by atoms with Crippen LogP contribution in [-0.2, 0) is 0 Å². The van der Waals surface area contributed by atoms with Crippen molar-refractivity contribution in [2.24, 2.45) is 11.7 Å². The molecule has 1 aliphatic heterocycles. The fraction of sp³-hybridized carbons (Fsp3) is 1.00. The second-order valence-corrected chi connectivity index (χ2v) is 5.25. The normalized spacial score (nSPS) is 27.6. The lowest BCUT2D eigenvalue weighted by Gasteiger charge is -2.41. The van der Waals surface area contributed by atoms with E-state index in [1.165, 1.54) is 25.9 Å². The zero-order chi connectivity index (χ0) is 10.8. The maximum atomic E-state index is 6.19. The summed E-state index contributed by atoms with van der Waals surface area (Å²) < 4.78 is 0. The topological polar surface area (TPSA) is 41.3 Å². The zero-order valence-electron chi connectivity index (χ0n) is 10.0. The van der Waals surface area contributed by atoms with E-state index in [2.05, 4.69) is 31.1 Å². The fourth-order valence-corrected chi connectivity index (χ4v) is 2.69. The lowest BCUT2D eigenvalue weighted by Crippen LogP contribution is -2.58. The maximum Gasteiger partial charge on any atom is 0.0279 e. The first kappa shape index (κ1) is 12.0. The highest BCUT2D eigenvalue weighted by molar-refractivity contribution is 4.94. The van der Waals surface area contributed by atoms with Crippen LogP contribution in [0.15, 0.2) is 0 Å². The molecule has 1 aliphatic rings. The van der Waals surface area contributed by atoms with Gasteiger partial charge in [-0.3, -0.25) is 0 Å². The lowest BCUT2D eigenvalue weighted by molar-refractivity contribution is 0.145. The predicted octanol–water partition coefficient (Wildman–Crippen LogP) is 0.654. The Kier molecular flexibility index (Phi) is 3.93. The third-order valence-electron chi connectivity index (χ3n) is 3.24. The van der Waals surface area contributed by atoms with E-state index >= 15 is 0 Å². The van der Waals surface area contributed by atoms with Crippen LogP contribution < -0.4 is 11.1 Å². The number of piperidine rings is 1. The molecule has 0 aliphatic carbocycles. The van der Waals surface area contributed by atoms with Crippen molar-refractivity contribution in [3.8, 4) is 0 Å². The van der Waals surface area contributed by atoms with Crippen LogP contribution in [0.4, 0.5) is 0 Å². The molecule has 3 N–H and O–H groups in total. The quantitative estimate of drug-likeness (QED) is 0.701. The van der Waals surface area contributed by atoms with Crippen LogP contribution in [0.1, 0.15) is 26.7 Å². The Morgan fingerprint density at radius 1 is 1.50 bits per heavy atom. The highest BCUT2D eigenvalue weighted by atomic mass is 15.1. The van der Waals surface area contributed by atoms with Crippen molar-refractivity contribution in [2.75, 3.05) is 27.2 Å². The van der Waals surface area contributed by atoms with Crippen LogP contribution in [0, 0.1) is 5.92 Å². The van der Waals surface area contributed by atoms with Gasteiger partial charge in [0.05, 0.1) is 0 Å². The number of likely N-dealkylation sites (N-methyl/N-ethyl adjacent to an activating group) is 1. The first-order chi connectivity index (χ1) is 6.45. The average Bonchev–Trinajstić information content (AvgIpc) is 2.02. The predicted molar refractivity (Wildman–Crippen MR) is 61.3 cm³/mol. The lowest BCUT2D eigenvalue weighted by atomic mass is 9.81. The third kappa shape index (κ3) is 2.94. The molecule has 0 bridgehead atoms. The van der Waals surface area contributed by atoms with Crippen LogP contribution in [0.25, 0.3) is 0 Å². The molecule has 0 amide bonds. The highest BCUT2D eigenvalue weighted by Gasteiger charge is 2.33. The molecule has 2 atom stereocenters. The summed E-state index contributed by atoms with van der Waals surface area (Å²) in [5.74, 6) is 0.693. The van der Waals surface area contributed by atoms with Gasteiger partial charge in [-0.2, -0.15) is 0 Å². The van der Waals surface area contributed by atoms with Gasteiger partial charge in [0.1, 0.15) is 0 Å². The SMILES string of the molecule is CNC(C1CCCN(C)C1)C(C)(C)N. The molecule has 84 valence electrons. The molecule has 0 aromatic carbocycles. The molecule has 2 unspecified atom stereocenters. The molecule has 0 aromatic rings. The number of likely N-dealkylation sites (tertiary alicyclic amines) is 1. The minimum Gasteiger partial charge on any atom is -0.324 e. The number of rotatable bonds is 3. The van der Waals surface area contributed by atoms with Crippen LogP contribution >= 0.6 is 0 Å². The van der Waals surface area contributed by atoms with Gasteiger partial charge < -0.3 is 16.0 Å². The van der Waals surface area contributed by atoms with Crippen molar-refractivity contribution in [1.82, 2.24) is 10.2 Å². The van der Waals surface area contributed by atoms with Gasteiger partial charge in [-0.05, 0) is 53.2 Å². The Labute approximate surface area is 88.0 Å². The van der Waals surface area contributed by atoms with Gasteiger partial charge in [-0.25, -0.2) is 0 Å². The number of nitrogens with one attached hydrogen (secondary N) is 1. The van der Waals surface area contributed by atoms with Crippen LogP contribution in [0.3, 0.4) is 0 Å². The number of hydrogen-bond donors (Lipinski definition) is 2. The number of hydrogen-bond acceptors (Lipinski definition) is 3. The van der Waals surface area contributed by atoms with Gasteiger partial charge in [-0.1, -0.05) is 0 Å². The molecule has 1 fully saturated rings. The first-order valence-corrected chi connectivity index (χ1v) is 5.60. The van der Waals surface area contributed by atoms with Crippen LogP contribution in [0.2, 0.25) is 0 Å². The largest absolute Gasteiger partial charge is 0.324 e. The van der Waals surface area contributed by atoms with E-state index in [0.717, 1.165) is 0 Å². The molecular weight excluding hydrogens is 174 g/mol. The molecule has 1 saturated heterocycles. The van der Waals surface area contributed by atoms with Gasteiger partial charge in [0.15, 0.2) is 0 Å². The van der Waals surface area contributed by atoms with Crippen molar-refractivity contribution in [2.45, 2.75) is 38.3 Å². The van der Waals surface area contributed by atoms with E-state index in [1.807, 2.05) is 7.05 Å². The Morgan fingerprint density at radius 2 is 2.14 bits per heavy atom. The molecular formula is C11H25N3. The van der Waals surface area contributed by atoms with E-state index < -0.39 is 0 Å². The minimum absolute atomic E-state index is 0.127. The number of nitrogens with two attached hydrogens (primary N) is 1. The molecule has 0 radical (unpaired) electrons. The van der Waals surface area contributed by atoms with Crippen molar-refractivity contribution < 1.29 is 0 Å². The Balaban J connectivity index is 2.60. The molecule has 0 spiro atoms. The smallest absolute Gasteiger partial charge is 0.0279 e. The van der Waals surface area contributed by atoms with Gasteiger partial charge in [0.2, 0.25) is 0 Å². The summed E-state index contributed by atoms with van der Waals surface area (Å²) in [6.45, 7) is 6.63. The highest BCUT2D eigenvalue weighted by Crippen LogP contribution is 2.23. The second kappa shape index (κ2) is 4.60. The Bertz CT molecular complexity index is 174. The molecule has 1 rings (SSSR count). The Morgan fingerprint density at radius 3 is 2.57 bits per heavy atom. The average molecular weight is 199 g/mol. The maximum absolute atomic E-state index is 6.19. The molecule has 3 nitrogen and oxygen atoms in total. The summed E-state index contributed by atoms with van der Waals surface area (Å²) in [6.07, 6.45) is 2.60. The van der Waals surface area contributed by atoms with E-state index in [4.69, 9.17) is 5.73 Å². The van der Waals surface area contributed by atoms with E-state index in [0.29, 0.717) is 12.0 Å². The monoisotopic (exact) mass is 199 g/mol. The molecule has 3 heteroatoms. The van der Waals surface area contributed by atoms with Crippen molar-refractivity contribution >= 4 is 0 Å². The van der Waals surface area contributed by atoms with Crippen molar-refractivity contribution in [1.29, 1.82) is 0 Å². The molecule has 1 heterocycles. The number of nitrogens with zero attached hydrogens (tertiary/aromatic N) is 1. The minimum atomic E-state index is -0.127. The van der Waals surface area contributed by atoms with Crippen molar-refractivity contribution in [3.05, 3.63) is 0 Å². The van der Waals surface area contributed by atoms with Gasteiger partial charge >= 0.3 is 0 Å². The Hall–Kier alpha value is -0.120. The standard InChI is InChI=1S/C11H25N3/c1-11(2,12)10(13-3)9-6-5-7-14(4)8-9/h9-10,13H,5-8,12H2,1-4H3. The van der Waals surface area contributed by atoms with Gasteiger partial charge in [-0.15, -0.1) is 0 Å². The summed E-state index contributed by atoms with van der Waals surface area (Å²) in [5, 5.41) is 3.38. The van der Waals surface area contributed by atoms with E-state index in [-0.39, 0.29) is 5.54 Å². The van der Waals surface area contributed by atoms with Crippen molar-refractivity contribution in [3.63, 3.8) is 0 Å². The van der Waals surface area contributed by atoms with Crippen LogP contribution in [-0.4, -0.2) is 43.7 Å². The third-order valence-corrected chi connectivity index (χ3v) is 3.24.